The Hall–Kier alpha value is -2.55. The number of Topliss-reactive ketones (excluding diaryl/α,β-unsaturated/α-hetero) is 1. The molecule has 2 rings (SSSR count). The number of carbonyl (C=O) groups is 1. The molecule has 0 spiro atoms. The number of benzene rings is 2. The van der Waals surface area contributed by atoms with E-state index in [0.29, 0.717) is 29.4 Å². The molecule has 0 amide bonds. The lowest BCUT2D eigenvalue weighted by Gasteiger charge is -2.12. The Kier molecular flexibility index (Phi) is 5.37. The molecule has 0 aliphatic rings. The smallest absolute Gasteiger partial charge is 0.169 e. The van der Waals surface area contributed by atoms with E-state index in [2.05, 4.69) is 0 Å². The summed E-state index contributed by atoms with van der Waals surface area (Å²) in [6, 6.07) is 12.9. The van der Waals surface area contributed by atoms with Gasteiger partial charge in [-0.05, 0) is 62.7 Å². The van der Waals surface area contributed by atoms with Crippen LogP contribution in [0.5, 0.6) is 17.2 Å². The van der Waals surface area contributed by atoms with E-state index in [9.17, 15) is 4.79 Å². The van der Waals surface area contributed by atoms with Crippen LogP contribution in [0.25, 0.3) is 6.08 Å². The second-order valence-electron chi connectivity index (χ2n) is 4.82. The molecule has 2 aromatic rings. The maximum Gasteiger partial charge on any atom is 0.169 e. The van der Waals surface area contributed by atoms with Crippen LogP contribution < -0.4 is 9.47 Å². The summed E-state index contributed by atoms with van der Waals surface area (Å²) in [5.41, 5.74) is 1.71. The van der Waals surface area contributed by atoms with Crippen LogP contribution in [0.1, 0.15) is 36.7 Å². The molecule has 3 nitrogen and oxygen atoms in total. The number of ether oxygens (including phenoxy) is 2. The molecule has 114 valence electrons. The zero-order valence-electron chi connectivity index (χ0n) is 13.1. The topological polar surface area (TPSA) is 35.5 Å². The Bertz CT molecular complexity index is 670. The van der Waals surface area contributed by atoms with Crippen LogP contribution in [0.2, 0.25) is 0 Å². The monoisotopic (exact) mass is 296 g/mol. The molecule has 0 heterocycles. The van der Waals surface area contributed by atoms with E-state index < -0.39 is 0 Å². The first-order valence-electron chi connectivity index (χ1n) is 7.32. The van der Waals surface area contributed by atoms with Gasteiger partial charge in [-0.25, -0.2) is 0 Å². The third-order valence-electron chi connectivity index (χ3n) is 3.12. The summed E-state index contributed by atoms with van der Waals surface area (Å²) in [4.78, 5) is 11.3. The van der Waals surface area contributed by atoms with Crippen molar-refractivity contribution < 1.29 is 14.3 Å². The van der Waals surface area contributed by atoms with Gasteiger partial charge in [0.25, 0.3) is 0 Å². The van der Waals surface area contributed by atoms with Crippen LogP contribution in [-0.4, -0.2) is 12.4 Å². The van der Waals surface area contributed by atoms with Crippen molar-refractivity contribution in [2.75, 3.05) is 6.61 Å². The zero-order valence-corrected chi connectivity index (χ0v) is 13.1. The van der Waals surface area contributed by atoms with E-state index in [1.165, 1.54) is 0 Å². The van der Waals surface area contributed by atoms with Crippen molar-refractivity contribution in [2.24, 2.45) is 0 Å². The van der Waals surface area contributed by atoms with Gasteiger partial charge < -0.3 is 9.47 Å². The molecular formula is C19H20O3. The average Bonchev–Trinajstić information content (AvgIpc) is 2.51. The van der Waals surface area contributed by atoms with Gasteiger partial charge in [-0.2, -0.15) is 0 Å². The van der Waals surface area contributed by atoms with Crippen molar-refractivity contribution >= 4 is 11.9 Å². The Morgan fingerprint density at radius 3 is 2.41 bits per heavy atom. The minimum atomic E-state index is 0.0386. The third kappa shape index (κ3) is 3.98. The molecule has 0 N–H and O–H groups in total. The molecule has 0 aliphatic carbocycles. The minimum Gasteiger partial charge on any atom is -0.490 e. The molecule has 0 unspecified atom stereocenters. The molecule has 0 aromatic heterocycles. The number of carbonyl (C=O) groups excluding carboxylic acids is 1. The second kappa shape index (κ2) is 7.46. The lowest BCUT2D eigenvalue weighted by molar-refractivity contribution is 0.101. The Balaban J connectivity index is 2.29. The van der Waals surface area contributed by atoms with E-state index in [4.69, 9.17) is 9.47 Å². The van der Waals surface area contributed by atoms with Crippen LogP contribution in [0.15, 0.2) is 48.5 Å². The van der Waals surface area contributed by atoms with E-state index in [1.54, 1.807) is 31.2 Å². The summed E-state index contributed by atoms with van der Waals surface area (Å²) in [5.74, 6) is 2.07. The normalized spacial score (nSPS) is 10.7. The summed E-state index contributed by atoms with van der Waals surface area (Å²) in [6.07, 6.45) is 3.97. The zero-order chi connectivity index (χ0) is 15.9. The molecule has 0 fully saturated rings. The van der Waals surface area contributed by atoms with Crippen LogP contribution in [-0.2, 0) is 0 Å². The van der Waals surface area contributed by atoms with Crippen LogP contribution in [0.3, 0.4) is 0 Å². The van der Waals surface area contributed by atoms with E-state index in [-0.39, 0.29) is 5.78 Å². The maximum absolute atomic E-state index is 11.3. The third-order valence-corrected chi connectivity index (χ3v) is 3.12. The van der Waals surface area contributed by atoms with Gasteiger partial charge in [-0.3, -0.25) is 4.79 Å². The van der Waals surface area contributed by atoms with Crippen molar-refractivity contribution in [1.82, 2.24) is 0 Å². The molecule has 0 aliphatic heterocycles. The average molecular weight is 296 g/mol. The quantitative estimate of drug-likeness (QED) is 0.695. The summed E-state index contributed by atoms with van der Waals surface area (Å²) < 4.78 is 11.5. The molecule has 0 atom stereocenters. The van der Waals surface area contributed by atoms with Crippen molar-refractivity contribution in [3.63, 3.8) is 0 Å². The van der Waals surface area contributed by atoms with E-state index in [0.717, 1.165) is 5.56 Å². The van der Waals surface area contributed by atoms with Crippen molar-refractivity contribution in [2.45, 2.75) is 20.8 Å². The van der Waals surface area contributed by atoms with Gasteiger partial charge in [0.05, 0.1) is 6.61 Å². The van der Waals surface area contributed by atoms with E-state index in [1.807, 2.05) is 44.2 Å². The fourth-order valence-electron chi connectivity index (χ4n) is 2.06. The predicted octanol–water partition coefficient (Wildman–Crippen LogP) is 5.11. The first-order valence-corrected chi connectivity index (χ1v) is 7.32. The Morgan fingerprint density at radius 1 is 1.09 bits per heavy atom. The standard InChI is InChI=1S/C19H20O3/c1-4-6-15-7-12-18(21-5-2)19(13-15)22-17-10-8-16(9-11-17)14(3)20/h4,6-13H,5H2,1-3H3. The molecule has 2 aromatic carbocycles. The number of rotatable bonds is 6. The molecule has 0 saturated carbocycles. The van der Waals surface area contributed by atoms with Gasteiger partial charge >= 0.3 is 0 Å². The molecule has 22 heavy (non-hydrogen) atoms. The van der Waals surface area contributed by atoms with Crippen LogP contribution in [0, 0.1) is 0 Å². The summed E-state index contributed by atoms with van der Waals surface area (Å²) >= 11 is 0. The van der Waals surface area contributed by atoms with E-state index >= 15 is 0 Å². The minimum absolute atomic E-state index is 0.0386. The first-order chi connectivity index (χ1) is 10.6. The predicted molar refractivity (Wildman–Crippen MR) is 88.8 cm³/mol. The van der Waals surface area contributed by atoms with Crippen LogP contribution in [0.4, 0.5) is 0 Å². The molecule has 3 heteroatoms. The van der Waals surface area contributed by atoms with Crippen molar-refractivity contribution in [3.8, 4) is 17.2 Å². The van der Waals surface area contributed by atoms with Gasteiger partial charge in [-0.1, -0.05) is 18.2 Å². The summed E-state index contributed by atoms with van der Waals surface area (Å²) in [7, 11) is 0. The highest BCUT2D eigenvalue weighted by atomic mass is 16.5. The summed E-state index contributed by atoms with van der Waals surface area (Å²) in [5, 5.41) is 0. The molecule has 0 bridgehead atoms. The van der Waals surface area contributed by atoms with Gasteiger partial charge in [0, 0.05) is 5.56 Å². The summed E-state index contributed by atoms with van der Waals surface area (Å²) in [6.45, 7) is 6.02. The Labute approximate surface area is 131 Å². The van der Waals surface area contributed by atoms with Crippen molar-refractivity contribution in [3.05, 3.63) is 59.7 Å². The highest BCUT2D eigenvalue weighted by molar-refractivity contribution is 5.94. The van der Waals surface area contributed by atoms with Gasteiger partial charge in [0.1, 0.15) is 5.75 Å². The highest BCUT2D eigenvalue weighted by Crippen LogP contribution is 2.33. The molecule has 0 radical (unpaired) electrons. The number of ketones is 1. The first kappa shape index (κ1) is 15.8. The lowest BCUT2D eigenvalue weighted by atomic mass is 10.1. The Morgan fingerprint density at radius 2 is 1.82 bits per heavy atom. The number of hydrogen-bond donors (Lipinski definition) is 0. The highest BCUT2D eigenvalue weighted by Gasteiger charge is 2.08. The maximum atomic E-state index is 11.3. The number of allylic oxidation sites excluding steroid dienone is 1. The molecule has 0 saturated heterocycles. The van der Waals surface area contributed by atoms with Gasteiger partial charge in [0.2, 0.25) is 0 Å². The number of hydrogen-bond acceptors (Lipinski definition) is 3. The molecular weight excluding hydrogens is 276 g/mol. The van der Waals surface area contributed by atoms with Gasteiger partial charge in [-0.15, -0.1) is 0 Å². The van der Waals surface area contributed by atoms with Crippen molar-refractivity contribution in [1.29, 1.82) is 0 Å². The SMILES string of the molecule is CC=Cc1ccc(OCC)c(Oc2ccc(C(C)=O)cc2)c1. The second-order valence-corrected chi connectivity index (χ2v) is 4.82. The van der Waals surface area contributed by atoms with Gasteiger partial charge in [0.15, 0.2) is 17.3 Å². The largest absolute Gasteiger partial charge is 0.490 e. The fraction of sp³-hybridized carbons (Fsp3) is 0.211. The van der Waals surface area contributed by atoms with Crippen LogP contribution >= 0.6 is 0 Å². The fourth-order valence-corrected chi connectivity index (χ4v) is 2.06. The lowest BCUT2D eigenvalue weighted by Crippen LogP contribution is -1.96.